The molecule has 0 bridgehead atoms. The van der Waals surface area contributed by atoms with Crippen molar-refractivity contribution in [2.24, 2.45) is 5.92 Å². The first kappa shape index (κ1) is 20.2. The molecule has 0 N–H and O–H groups in total. The Labute approximate surface area is 157 Å². The van der Waals surface area contributed by atoms with E-state index in [1.165, 1.54) is 22.3 Å². The predicted molar refractivity (Wildman–Crippen MR) is 115 cm³/mol. The summed E-state index contributed by atoms with van der Waals surface area (Å²) in [5, 5.41) is 0. The van der Waals surface area contributed by atoms with Crippen molar-refractivity contribution in [3.8, 4) is 11.3 Å². The maximum atomic E-state index is 4.88. The summed E-state index contributed by atoms with van der Waals surface area (Å²) >= 11 is -1.91. The van der Waals surface area contributed by atoms with Crippen LogP contribution in [0.3, 0.4) is 0 Å². The molecule has 0 saturated carbocycles. The molecule has 0 aliphatic heterocycles. The van der Waals surface area contributed by atoms with Crippen LogP contribution in [0.2, 0.25) is 17.3 Å². The van der Waals surface area contributed by atoms with Gasteiger partial charge in [0.25, 0.3) is 0 Å². The first-order chi connectivity index (χ1) is 11.4. The third-order valence-electron chi connectivity index (χ3n) is 4.79. The van der Waals surface area contributed by atoms with Crippen molar-refractivity contribution in [2.45, 2.75) is 70.6 Å². The fraction of sp³-hybridized carbons (Fsp3) is 0.522. The first-order valence-corrected chi connectivity index (χ1v) is 16.8. The Morgan fingerprint density at radius 1 is 1.04 bits per heavy atom. The van der Waals surface area contributed by atoms with E-state index in [2.05, 4.69) is 89.3 Å². The Kier molecular flexibility index (Phi) is 5.88. The van der Waals surface area contributed by atoms with Gasteiger partial charge in [0.2, 0.25) is 0 Å². The predicted octanol–water partition coefficient (Wildman–Crippen LogP) is 6.10. The number of aryl methyl sites for hydroxylation is 1. The molecule has 0 amide bonds. The van der Waals surface area contributed by atoms with E-state index in [1.54, 1.807) is 4.40 Å². The van der Waals surface area contributed by atoms with E-state index < -0.39 is 13.3 Å². The summed E-state index contributed by atoms with van der Waals surface area (Å²) in [5.41, 5.74) is 6.81. The van der Waals surface area contributed by atoms with Crippen molar-refractivity contribution in [3.63, 3.8) is 0 Å². The summed E-state index contributed by atoms with van der Waals surface area (Å²) in [6.45, 7) is 13.6. The van der Waals surface area contributed by atoms with Crippen molar-refractivity contribution in [1.29, 1.82) is 0 Å². The molecule has 0 saturated heterocycles. The molecule has 1 nitrogen and oxygen atoms in total. The van der Waals surface area contributed by atoms with E-state index in [4.69, 9.17) is 4.98 Å². The Bertz CT molecular complexity index is 746. The van der Waals surface area contributed by atoms with Crippen molar-refractivity contribution in [2.75, 3.05) is 0 Å². The van der Waals surface area contributed by atoms with Crippen LogP contribution in [0.15, 0.2) is 30.5 Å². The molecule has 0 atom stereocenters. The van der Waals surface area contributed by atoms with Crippen molar-refractivity contribution in [1.82, 2.24) is 4.98 Å². The molecule has 1 aromatic carbocycles. The van der Waals surface area contributed by atoms with Gasteiger partial charge in [-0.3, -0.25) is 0 Å². The van der Waals surface area contributed by atoms with Crippen LogP contribution < -0.4 is 4.40 Å². The number of benzene rings is 1. The van der Waals surface area contributed by atoms with Crippen molar-refractivity contribution in [3.05, 3.63) is 47.2 Å². The second kappa shape index (κ2) is 7.27. The minimum absolute atomic E-state index is 0.184. The maximum absolute atomic E-state index is 4.88. The summed E-state index contributed by atoms with van der Waals surface area (Å²) in [7, 11) is 0. The van der Waals surface area contributed by atoms with Crippen LogP contribution in [0.1, 0.15) is 51.3 Å². The molecule has 0 fully saturated rings. The van der Waals surface area contributed by atoms with Gasteiger partial charge in [-0.1, -0.05) is 0 Å². The van der Waals surface area contributed by atoms with Gasteiger partial charge in [-0.05, 0) is 0 Å². The number of rotatable bonds is 4. The van der Waals surface area contributed by atoms with Gasteiger partial charge >= 0.3 is 158 Å². The zero-order valence-electron chi connectivity index (χ0n) is 17.6. The van der Waals surface area contributed by atoms with Gasteiger partial charge in [0.1, 0.15) is 0 Å². The topological polar surface area (TPSA) is 12.9 Å². The molecule has 2 aromatic rings. The van der Waals surface area contributed by atoms with E-state index in [0.29, 0.717) is 5.92 Å². The van der Waals surface area contributed by atoms with Crippen LogP contribution >= 0.6 is 0 Å². The molecular formula is C23H35GeN. The van der Waals surface area contributed by atoms with E-state index in [0.717, 1.165) is 12.1 Å². The van der Waals surface area contributed by atoms with E-state index in [9.17, 15) is 0 Å². The molecule has 25 heavy (non-hydrogen) atoms. The van der Waals surface area contributed by atoms with Gasteiger partial charge in [-0.25, -0.2) is 0 Å². The monoisotopic (exact) mass is 399 g/mol. The molecule has 0 unspecified atom stereocenters. The molecule has 0 aliphatic rings. The van der Waals surface area contributed by atoms with Gasteiger partial charge in [0.05, 0.1) is 0 Å². The molecule has 0 spiro atoms. The van der Waals surface area contributed by atoms with Crippen LogP contribution in [-0.4, -0.2) is 18.3 Å². The Morgan fingerprint density at radius 2 is 1.68 bits per heavy atom. The number of pyridine rings is 1. The van der Waals surface area contributed by atoms with Crippen LogP contribution in [0.4, 0.5) is 0 Å². The van der Waals surface area contributed by atoms with Gasteiger partial charge in [-0.2, -0.15) is 0 Å². The molecule has 0 radical (unpaired) electrons. The third kappa shape index (κ3) is 4.97. The standard InChI is InChI=1S/C23H35GeN/c1-16(2)12-18-14-22(25-15-21(18)24(7,8)9)20-11-10-19(13-17(20)3)23(4,5)6/h10-11,13-16H,12H2,1-9H3. The summed E-state index contributed by atoms with van der Waals surface area (Å²) in [4.78, 5) is 4.88. The molecule has 2 rings (SSSR count). The van der Waals surface area contributed by atoms with Crippen LogP contribution in [0.5, 0.6) is 0 Å². The van der Waals surface area contributed by atoms with E-state index >= 15 is 0 Å². The SMILES string of the molecule is Cc1cc(C(C)(C)C)ccc1-c1cc(CC(C)C)[c]([Ge]([CH3])([CH3])[CH3])cn1. The molecule has 1 aromatic heterocycles. The average molecular weight is 398 g/mol. The summed E-state index contributed by atoms with van der Waals surface area (Å²) in [6, 6.07) is 9.22. The summed E-state index contributed by atoms with van der Waals surface area (Å²) in [5.74, 6) is 8.06. The first-order valence-electron chi connectivity index (χ1n) is 9.50. The van der Waals surface area contributed by atoms with Crippen molar-refractivity contribution >= 4 is 17.7 Å². The van der Waals surface area contributed by atoms with Crippen molar-refractivity contribution < 1.29 is 0 Å². The Hall–Kier alpha value is -1.09. The quantitative estimate of drug-likeness (QED) is 0.568. The second-order valence-corrected chi connectivity index (χ2v) is 20.4. The molecule has 1 heterocycles. The minimum atomic E-state index is -1.91. The number of hydrogen-bond acceptors (Lipinski definition) is 1. The molecule has 136 valence electrons. The Morgan fingerprint density at radius 3 is 2.16 bits per heavy atom. The Balaban J connectivity index is 2.53. The van der Waals surface area contributed by atoms with Crippen LogP contribution in [0.25, 0.3) is 11.3 Å². The number of nitrogens with zero attached hydrogens (tertiary/aromatic N) is 1. The second-order valence-electron chi connectivity index (χ2n) is 9.85. The zero-order valence-corrected chi connectivity index (χ0v) is 19.7. The van der Waals surface area contributed by atoms with E-state index in [-0.39, 0.29) is 5.41 Å². The molecule has 2 heteroatoms. The van der Waals surface area contributed by atoms with Crippen LogP contribution in [-0.2, 0) is 11.8 Å². The number of hydrogen-bond donors (Lipinski definition) is 0. The van der Waals surface area contributed by atoms with Gasteiger partial charge in [0, 0.05) is 0 Å². The summed E-state index contributed by atoms with van der Waals surface area (Å²) in [6.07, 6.45) is 3.33. The van der Waals surface area contributed by atoms with Gasteiger partial charge in [0.15, 0.2) is 0 Å². The number of aromatic nitrogens is 1. The fourth-order valence-corrected chi connectivity index (χ4v) is 6.68. The van der Waals surface area contributed by atoms with Gasteiger partial charge < -0.3 is 0 Å². The summed E-state index contributed by atoms with van der Waals surface area (Å²) < 4.78 is 1.56. The third-order valence-corrected chi connectivity index (χ3v) is 9.13. The fourth-order valence-electron chi connectivity index (χ4n) is 3.35. The molecule has 0 aliphatic carbocycles. The van der Waals surface area contributed by atoms with Crippen LogP contribution in [0, 0.1) is 12.8 Å². The normalized spacial score (nSPS) is 12.7. The average Bonchev–Trinajstić information content (AvgIpc) is 2.44. The molecular weight excluding hydrogens is 363 g/mol. The van der Waals surface area contributed by atoms with Gasteiger partial charge in [-0.15, -0.1) is 0 Å². The zero-order chi connectivity index (χ0) is 19.0. The van der Waals surface area contributed by atoms with E-state index in [1.807, 2.05) is 0 Å².